The lowest BCUT2D eigenvalue weighted by Crippen LogP contribution is -2.38. The van der Waals surface area contributed by atoms with Gasteiger partial charge >= 0.3 is 0 Å². The highest BCUT2D eigenvalue weighted by atomic mass is 32.2. The molecule has 0 atom stereocenters. The number of carbonyl (C=O) groups excluding carboxylic acids is 1. The molecule has 0 aliphatic heterocycles. The lowest BCUT2D eigenvalue weighted by molar-refractivity contribution is 0.101. The summed E-state index contributed by atoms with van der Waals surface area (Å²) in [5, 5.41) is 0. The molecular weight excluding hydrogens is 419 g/mol. The minimum Gasteiger partial charge on any atom is -0.494 e. The molecule has 164 valence electrons. The van der Waals surface area contributed by atoms with Crippen molar-refractivity contribution in [1.29, 1.82) is 0 Å². The van der Waals surface area contributed by atoms with E-state index in [1.54, 1.807) is 31.2 Å². The number of aromatic nitrogens is 1. The highest BCUT2D eigenvalue weighted by Gasteiger charge is 2.30. The molecule has 1 aromatic heterocycles. The Balaban J connectivity index is 2.03. The average Bonchev–Trinajstić information content (AvgIpc) is 3.06. The van der Waals surface area contributed by atoms with Gasteiger partial charge in [0.05, 0.1) is 18.6 Å². The Morgan fingerprint density at radius 3 is 2.16 bits per heavy atom. The number of rotatable bonds is 7. The van der Waals surface area contributed by atoms with Gasteiger partial charge in [-0.15, -0.1) is 0 Å². The molecule has 3 rings (SSSR count). The standard InChI is InChI=1S/C23H25FN2O4S/c1-5-14-31(28,29)26(20-12-13-22(30-4)21(24)15-20)23(27)18-8-10-19(11-9-18)25-16(2)6-7-17(25)3/h6-13,15H,5,14H2,1-4H3. The second-order valence-electron chi connectivity index (χ2n) is 7.20. The van der Waals surface area contributed by atoms with Crippen LogP contribution >= 0.6 is 0 Å². The SMILES string of the molecule is CCCS(=O)(=O)N(C(=O)c1ccc(-n2c(C)ccc2C)cc1)c1ccc(OC)c(F)c1. The Hall–Kier alpha value is -3.13. The summed E-state index contributed by atoms with van der Waals surface area (Å²) in [5.41, 5.74) is 3.05. The molecule has 8 heteroatoms. The van der Waals surface area contributed by atoms with Crippen LogP contribution in [0.5, 0.6) is 5.75 Å². The van der Waals surface area contributed by atoms with E-state index in [0.717, 1.165) is 23.1 Å². The van der Waals surface area contributed by atoms with E-state index in [-0.39, 0.29) is 22.8 Å². The fourth-order valence-corrected chi connectivity index (χ4v) is 4.97. The van der Waals surface area contributed by atoms with Gasteiger partial charge in [0, 0.05) is 28.7 Å². The van der Waals surface area contributed by atoms with Gasteiger partial charge in [-0.3, -0.25) is 4.79 Å². The molecule has 6 nitrogen and oxygen atoms in total. The molecule has 3 aromatic rings. The van der Waals surface area contributed by atoms with Crippen LogP contribution in [0.2, 0.25) is 0 Å². The van der Waals surface area contributed by atoms with Crippen LogP contribution < -0.4 is 9.04 Å². The van der Waals surface area contributed by atoms with Crippen LogP contribution in [0.3, 0.4) is 0 Å². The fraction of sp³-hybridized carbons (Fsp3) is 0.261. The van der Waals surface area contributed by atoms with E-state index >= 15 is 0 Å². The predicted molar refractivity (Wildman–Crippen MR) is 119 cm³/mol. The van der Waals surface area contributed by atoms with Gasteiger partial charge in [-0.1, -0.05) is 6.92 Å². The van der Waals surface area contributed by atoms with E-state index in [4.69, 9.17) is 4.74 Å². The number of ether oxygens (including phenoxy) is 1. The molecule has 0 unspecified atom stereocenters. The number of sulfonamides is 1. The summed E-state index contributed by atoms with van der Waals surface area (Å²) in [5.74, 6) is -1.78. The number of anilines is 1. The van der Waals surface area contributed by atoms with Crippen molar-refractivity contribution in [3.8, 4) is 11.4 Å². The second kappa shape index (κ2) is 8.93. The molecule has 0 radical (unpaired) electrons. The summed E-state index contributed by atoms with van der Waals surface area (Å²) in [7, 11) is -2.69. The molecule has 2 aromatic carbocycles. The topological polar surface area (TPSA) is 68.6 Å². The maximum absolute atomic E-state index is 14.3. The number of hydrogen-bond acceptors (Lipinski definition) is 4. The van der Waals surface area contributed by atoms with E-state index < -0.39 is 21.7 Å². The third-order valence-electron chi connectivity index (χ3n) is 4.94. The van der Waals surface area contributed by atoms with Crippen LogP contribution in [0.15, 0.2) is 54.6 Å². The molecule has 1 heterocycles. The van der Waals surface area contributed by atoms with Gasteiger partial charge < -0.3 is 9.30 Å². The molecule has 0 bridgehead atoms. The molecule has 1 amide bonds. The van der Waals surface area contributed by atoms with Crippen molar-refractivity contribution in [2.24, 2.45) is 0 Å². The Bertz CT molecular complexity index is 1180. The van der Waals surface area contributed by atoms with Crippen LogP contribution in [-0.4, -0.2) is 31.8 Å². The maximum Gasteiger partial charge on any atom is 0.272 e. The number of nitrogens with zero attached hydrogens (tertiary/aromatic N) is 2. The van der Waals surface area contributed by atoms with Gasteiger partial charge in [0.25, 0.3) is 5.91 Å². The minimum absolute atomic E-state index is 0.0362. The molecule has 0 spiro atoms. The summed E-state index contributed by atoms with van der Waals surface area (Å²) in [6, 6.07) is 14.3. The van der Waals surface area contributed by atoms with Crippen LogP contribution in [0.4, 0.5) is 10.1 Å². The van der Waals surface area contributed by atoms with Gasteiger partial charge in [-0.25, -0.2) is 17.1 Å². The maximum atomic E-state index is 14.3. The fourth-order valence-electron chi connectivity index (χ4n) is 3.48. The van der Waals surface area contributed by atoms with E-state index in [1.807, 2.05) is 30.5 Å². The highest BCUT2D eigenvalue weighted by molar-refractivity contribution is 7.93. The lowest BCUT2D eigenvalue weighted by Gasteiger charge is -2.23. The van der Waals surface area contributed by atoms with Crippen LogP contribution in [0, 0.1) is 19.7 Å². The molecule has 31 heavy (non-hydrogen) atoms. The first-order chi connectivity index (χ1) is 14.7. The Kier molecular flexibility index (Phi) is 6.50. The number of hydrogen-bond donors (Lipinski definition) is 0. The third-order valence-corrected chi connectivity index (χ3v) is 6.80. The first-order valence-electron chi connectivity index (χ1n) is 9.86. The van der Waals surface area contributed by atoms with Crippen molar-refractivity contribution in [1.82, 2.24) is 4.57 Å². The average molecular weight is 445 g/mol. The smallest absolute Gasteiger partial charge is 0.272 e. The normalized spacial score (nSPS) is 11.4. The predicted octanol–water partition coefficient (Wildman–Crippen LogP) is 4.63. The highest BCUT2D eigenvalue weighted by Crippen LogP contribution is 2.28. The van der Waals surface area contributed by atoms with E-state index in [1.165, 1.54) is 19.2 Å². The third kappa shape index (κ3) is 4.49. The van der Waals surface area contributed by atoms with E-state index in [2.05, 4.69) is 0 Å². The number of carbonyl (C=O) groups is 1. The Morgan fingerprint density at radius 2 is 1.65 bits per heavy atom. The molecule has 0 fully saturated rings. The molecule has 0 aliphatic carbocycles. The van der Waals surface area contributed by atoms with Crippen molar-refractivity contribution in [3.05, 3.63) is 77.4 Å². The zero-order chi connectivity index (χ0) is 22.8. The van der Waals surface area contributed by atoms with Crippen molar-refractivity contribution >= 4 is 21.6 Å². The Morgan fingerprint density at radius 1 is 1.03 bits per heavy atom. The van der Waals surface area contributed by atoms with Crippen molar-refractivity contribution in [3.63, 3.8) is 0 Å². The first kappa shape index (κ1) is 22.6. The van der Waals surface area contributed by atoms with Crippen molar-refractivity contribution in [2.45, 2.75) is 27.2 Å². The number of benzene rings is 2. The minimum atomic E-state index is -4.00. The van der Waals surface area contributed by atoms with Crippen LogP contribution in [0.1, 0.15) is 35.1 Å². The van der Waals surface area contributed by atoms with Gasteiger partial charge in [-0.2, -0.15) is 0 Å². The second-order valence-corrected chi connectivity index (χ2v) is 9.14. The zero-order valence-corrected chi connectivity index (χ0v) is 18.7. The molecular formula is C23H25FN2O4S. The molecule has 0 aliphatic rings. The monoisotopic (exact) mass is 444 g/mol. The van der Waals surface area contributed by atoms with Crippen LogP contribution in [0.25, 0.3) is 5.69 Å². The lowest BCUT2D eigenvalue weighted by atomic mass is 10.1. The quantitative estimate of drug-likeness (QED) is 0.533. The van der Waals surface area contributed by atoms with Crippen molar-refractivity contribution < 1.29 is 22.3 Å². The van der Waals surface area contributed by atoms with Gasteiger partial charge in [0.15, 0.2) is 11.6 Å². The van der Waals surface area contributed by atoms with E-state index in [0.29, 0.717) is 10.7 Å². The molecule has 0 saturated carbocycles. The number of methoxy groups -OCH3 is 1. The van der Waals surface area contributed by atoms with E-state index in [9.17, 15) is 17.6 Å². The van der Waals surface area contributed by atoms with Gasteiger partial charge in [-0.05, 0) is 68.8 Å². The number of amides is 1. The number of halogens is 1. The van der Waals surface area contributed by atoms with Crippen molar-refractivity contribution in [2.75, 3.05) is 17.2 Å². The summed E-state index contributed by atoms with van der Waals surface area (Å²) in [4.78, 5) is 13.3. The summed E-state index contributed by atoms with van der Waals surface area (Å²) >= 11 is 0. The summed E-state index contributed by atoms with van der Waals surface area (Å²) < 4.78 is 47.7. The Labute approximate surface area is 181 Å². The summed E-state index contributed by atoms with van der Waals surface area (Å²) in [6.45, 7) is 5.65. The zero-order valence-electron chi connectivity index (χ0n) is 17.9. The first-order valence-corrected chi connectivity index (χ1v) is 11.5. The number of aryl methyl sites for hydroxylation is 2. The van der Waals surface area contributed by atoms with Crippen LogP contribution in [-0.2, 0) is 10.0 Å². The van der Waals surface area contributed by atoms with Gasteiger partial charge in [0.1, 0.15) is 0 Å². The summed E-state index contributed by atoms with van der Waals surface area (Å²) in [6.07, 6.45) is 0.315. The largest absolute Gasteiger partial charge is 0.494 e. The molecule has 0 saturated heterocycles. The molecule has 0 N–H and O–H groups in total. The van der Waals surface area contributed by atoms with Gasteiger partial charge in [0.2, 0.25) is 10.0 Å².